The Bertz CT molecular complexity index is 1090. The van der Waals surface area contributed by atoms with E-state index in [2.05, 4.69) is 32.0 Å². The van der Waals surface area contributed by atoms with Crippen LogP contribution in [0.3, 0.4) is 0 Å². The van der Waals surface area contributed by atoms with Crippen molar-refractivity contribution in [1.82, 2.24) is 19.9 Å². The number of aryl methyl sites for hydroxylation is 2. The quantitative estimate of drug-likeness (QED) is 0.376. The van der Waals surface area contributed by atoms with Gasteiger partial charge in [-0.3, -0.25) is 9.78 Å². The Morgan fingerprint density at radius 2 is 1.91 bits per heavy atom. The zero-order valence-corrected chi connectivity index (χ0v) is 20.6. The molecule has 1 fully saturated rings. The highest BCUT2D eigenvalue weighted by molar-refractivity contribution is 5.83. The molecule has 2 aromatic heterocycles. The SMILES string of the molecule is COc1ccc2nccc(CCC[C@@H]3CCN(CCCCc4ncccn4)C[C@@H]3CC(=O)O)c2c1. The number of benzene rings is 1. The number of hydrogen-bond acceptors (Lipinski definition) is 6. The van der Waals surface area contributed by atoms with Crippen LogP contribution in [-0.2, 0) is 17.6 Å². The van der Waals surface area contributed by atoms with Crippen molar-refractivity contribution >= 4 is 16.9 Å². The molecule has 1 aliphatic rings. The van der Waals surface area contributed by atoms with Gasteiger partial charge in [-0.1, -0.05) is 0 Å². The number of hydrogen-bond donors (Lipinski definition) is 1. The largest absolute Gasteiger partial charge is 0.497 e. The third-order valence-electron chi connectivity index (χ3n) is 7.22. The summed E-state index contributed by atoms with van der Waals surface area (Å²) in [5.74, 6) is 1.73. The van der Waals surface area contributed by atoms with E-state index in [1.54, 1.807) is 19.5 Å². The first kappa shape index (κ1) is 25.0. The lowest BCUT2D eigenvalue weighted by Gasteiger charge is -2.38. The van der Waals surface area contributed by atoms with E-state index in [9.17, 15) is 9.90 Å². The van der Waals surface area contributed by atoms with Crippen molar-refractivity contribution in [3.63, 3.8) is 0 Å². The predicted molar refractivity (Wildman–Crippen MR) is 136 cm³/mol. The average molecular weight is 477 g/mol. The molecule has 0 saturated carbocycles. The maximum Gasteiger partial charge on any atom is 0.303 e. The molecule has 35 heavy (non-hydrogen) atoms. The van der Waals surface area contributed by atoms with Crippen LogP contribution < -0.4 is 4.74 Å². The number of rotatable bonds is 12. The molecule has 7 heteroatoms. The number of carboxylic acids is 1. The molecule has 2 atom stereocenters. The van der Waals surface area contributed by atoms with Gasteiger partial charge >= 0.3 is 5.97 Å². The highest BCUT2D eigenvalue weighted by atomic mass is 16.5. The normalized spacial score (nSPS) is 18.5. The summed E-state index contributed by atoms with van der Waals surface area (Å²) in [7, 11) is 1.68. The monoisotopic (exact) mass is 476 g/mol. The molecule has 1 aromatic carbocycles. The Morgan fingerprint density at radius 3 is 2.71 bits per heavy atom. The van der Waals surface area contributed by atoms with Crippen LogP contribution in [0.2, 0.25) is 0 Å². The van der Waals surface area contributed by atoms with E-state index in [0.29, 0.717) is 5.92 Å². The van der Waals surface area contributed by atoms with Crippen molar-refractivity contribution in [3.8, 4) is 5.75 Å². The molecule has 1 aliphatic heterocycles. The molecule has 3 heterocycles. The second-order valence-electron chi connectivity index (χ2n) is 9.57. The minimum Gasteiger partial charge on any atom is -0.497 e. The highest BCUT2D eigenvalue weighted by Gasteiger charge is 2.30. The van der Waals surface area contributed by atoms with E-state index in [1.807, 2.05) is 24.4 Å². The standard InChI is InChI=1S/C28H36N4O3/c1-35-24-9-10-26-25(19-24)22(11-15-29-26)7-4-6-21-12-17-32(20-23(21)18-28(33)34)16-3-2-8-27-30-13-5-14-31-27/h5,9-11,13-15,19,21,23H,2-4,6-8,12,16-18,20H2,1H3,(H,33,34)/t21-,23+/m1/s1. The first-order valence-electron chi connectivity index (χ1n) is 12.7. The molecule has 0 aliphatic carbocycles. The molecule has 0 unspecified atom stereocenters. The predicted octanol–water partition coefficient (Wildman–Crippen LogP) is 4.79. The van der Waals surface area contributed by atoms with Gasteiger partial charge in [0, 0.05) is 43.4 Å². The highest BCUT2D eigenvalue weighted by Crippen LogP contribution is 2.32. The maximum atomic E-state index is 11.6. The Kier molecular flexibility index (Phi) is 9.01. The van der Waals surface area contributed by atoms with Crippen LogP contribution in [0.15, 0.2) is 48.9 Å². The number of aliphatic carboxylic acids is 1. The molecule has 0 bridgehead atoms. The third kappa shape index (κ3) is 7.21. The van der Waals surface area contributed by atoms with E-state index in [-0.39, 0.29) is 12.3 Å². The van der Waals surface area contributed by atoms with Crippen molar-refractivity contribution < 1.29 is 14.6 Å². The Hall–Kier alpha value is -3.06. The van der Waals surface area contributed by atoms with Crippen LogP contribution in [0.5, 0.6) is 5.75 Å². The van der Waals surface area contributed by atoms with Crippen molar-refractivity contribution in [3.05, 3.63) is 60.3 Å². The number of methoxy groups -OCH3 is 1. The van der Waals surface area contributed by atoms with Crippen LogP contribution in [0.1, 0.15) is 49.9 Å². The summed E-state index contributed by atoms with van der Waals surface area (Å²) in [4.78, 5) is 27.1. The molecule has 3 aromatic rings. The molecule has 4 rings (SSSR count). The molecule has 1 saturated heterocycles. The minimum absolute atomic E-state index is 0.216. The summed E-state index contributed by atoms with van der Waals surface area (Å²) < 4.78 is 5.40. The van der Waals surface area contributed by atoms with E-state index in [4.69, 9.17) is 4.74 Å². The van der Waals surface area contributed by atoms with Crippen molar-refractivity contribution in [1.29, 1.82) is 0 Å². The van der Waals surface area contributed by atoms with Crippen LogP contribution in [0, 0.1) is 11.8 Å². The number of piperidine rings is 1. The summed E-state index contributed by atoms with van der Waals surface area (Å²) in [5, 5.41) is 10.7. The molecular weight excluding hydrogens is 440 g/mol. The van der Waals surface area contributed by atoms with E-state index in [0.717, 1.165) is 87.1 Å². The maximum absolute atomic E-state index is 11.6. The van der Waals surface area contributed by atoms with Gasteiger partial charge in [-0.15, -0.1) is 0 Å². The molecule has 0 amide bonds. The van der Waals surface area contributed by atoms with Crippen molar-refractivity contribution in [2.45, 2.75) is 51.4 Å². The van der Waals surface area contributed by atoms with Gasteiger partial charge in [0.2, 0.25) is 0 Å². The third-order valence-corrected chi connectivity index (χ3v) is 7.22. The topological polar surface area (TPSA) is 88.4 Å². The second-order valence-corrected chi connectivity index (χ2v) is 9.57. The first-order valence-corrected chi connectivity index (χ1v) is 12.7. The van der Waals surface area contributed by atoms with Crippen LogP contribution in [-0.4, -0.2) is 57.7 Å². The van der Waals surface area contributed by atoms with Gasteiger partial charge in [0.15, 0.2) is 0 Å². The summed E-state index contributed by atoms with van der Waals surface area (Å²) in [6.07, 6.45) is 12.9. The molecular formula is C28H36N4O3. The first-order chi connectivity index (χ1) is 17.1. The van der Waals surface area contributed by atoms with Gasteiger partial charge in [-0.05, 0) is 99.3 Å². The fraction of sp³-hybridized carbons (Fsp3) is 0.500. The van der Waals surface area contributed by atoms with Gasteiger partial charge in [-0.25, -0.2) is 9.97 Å². The number of carboxylic acid groups (broad SMARTS) is 1. The lowest BCUT2D eigenvalue weighted by Crippen LogP contribution is -2.41. The fourth-order valence-corrected chi connectivity index (χ4v) is 5.35. The number of aromatic nitrogens is 3. The molecule has 0 radical (unpaired) electrons. The fourth-order valence-electron chi connectivity index (χ4n) is 5.35. The molecule has 1 N–H and O–H groups in total. The zero-order valence-electron chi connectivity index (χ0n) is 20.6. The minimum atomic E-state index is -0.685. The van der Waals surface area contributed by atoms with Gasteiger partial charge in [0.25, 0.3) is 0 Å². The van der Waals surface area contributed by atoms with Gasteiger partial charge in [0.05, 0.1) is 12.6 Å². The van der Waals surface area contributed by atoms with Crippen LogP contribution >= 0.6 is 0 Å². The zero-order chi connectivity index (χ0) is 24.5. The van der Waals surface area contributed by atoms with E-state index in [1.165, 1.54) is 5.56 Å². The lowest BCUT2D eigenvalue weighted by molar-refractivity contribution is -0.139. The second kappa shape index (κ2) is 12.6. The van der Waals surface area contributed by atoms with Gasteiger partial charge < -0.3 is 14.7 Å². The number of fused-ring (bicyclic) bond motifs is 1. The van der Waals surface area contributed by atoms with E-state index < -0.39 is 5.97 Å². The Labute approximate surface area is 207 Å². The average Bonchev–Trinajstić information content (AvgIpc) is 2.88. The lowest BCUT2D eigenvalue weighted by atomic mass is 9.79. The molecule has 186 valence electrons. The summed E-state index contributed by atoms with van der Waals surface area (Å²) >= 11 is 0. The van der Waals surface area contributed by atoms with E-state index >= 15 is 0 Å². The Morgan fingerprint density at radius 1 is 1.06 bits per heavy atom. The number of likely N-dealkylation sites (tertiary alicyclic amines) is 1. The Balaban J connectivity index is 1.27. The van der Waals surface area contributed by atoms with Crippen molar-refractivity contribution in [2.75, 3.05) is 26.7 Å². The van der Waals surface area contributed by atoms with Crippen LogP contribution in [0.25, 0.3) is 10.9 Å². The van der Waals surface area contributed by atoms with Gasteiger partial charge in [-0.2, -0.15) is 0 Å². The summed E-state index contributed by atoms with van der Waals surface area (Å²) in [6.45, 7) is 2.95. The molecule has 7 nitrogen and oxygen atoms in total. The van der Waals surface area contributed by atoms with Crippen LogP contribution in [0.4, 0.5) is 0 Å². The van der Waals surface area contributed by atoms with Crippen molar-refractivity contribution in [2.24, 2.45) is 11.8 Å². The van der Waals surface area contributed by atoms with Gasteiger partial charge in [0.1, 0.15) is 11.6 Å². The number of ether oxygens (including phenoxy) is 1. The smallest absolute Gasteiger partial charge is 0.303 e. The number of unbranched alkanes of at least 4 members (excludes halogenated alkanes) is 1. The summed E-state index contributed by atoms with van der Waals surface area (Å²) in [5.41, 5.74) is 2.27. The number of pyridine rings is 1. The molecule has 0 spiro atoms. The summed E-state index contributed by atoms with van der Waals surface area (Å²) in [6, 6.07) is 9.95. The number of carbonyl (C=O) groups is 1. The number of nitrogens with zero attached hydrogens (tertiary/aromatic N) is 4.